The summed E-state index contributed by atoms with van der Waals surface area (Å²) in [4.78, 5) is 1.44. The van der Waals surface area contributed by atoms with Gasteiger partial charge in [0.25, 0.3) is 0 Å². The smallest absolute Gasteiger partial charge is 0.0581 e. The Bertz CT molecular complexity index is 556. The van der Waals surface area contributed by atoms with E-state index < -0.39 is 0 Å². The van der Waals surface area contributed by atoms with Gasteiger partial charge in [-0.05, 0) is 73.4 Å². The quantitative estimate of drug-likeness (QED) is 0.839. The zero-order valence-corrected chi connectivity index (χ0v) is 11.8. The van der Waals surface area contributed by atoms with Gasteiger partial charge < -0.3 is 5.32 Å². The highest BCUT2D eigenvalue weighted by Gasteiger charge is 2.13. The minimum absolute atomic E-state index is 0.393. The van der Waals surface area contributed by atoms with Gasteiger partial charge in [-0.25, -0.2) is 0 Å². The minimum Gasteiger partial charge on any atom is -0.378 e. The van der Waals surface area contributed by atoms with Crippen molar-refractivity contribution in [3.05, 3.63) is 51.2 Å². The molecule has 94 valence electrons. The molecule has 1 aromatic carbocycles. The fourth-order valence-electron chi connectivity index (χ4n) is 2.81. The minimum atomic E-state index is 0.393. The molecule has 18 heavy (non-hydrogen) atoms. The van der Waals surface area contributed by atoms with Gasteiger partial charge in [-0.2, -0.15) is 0 Å². The largest absolute Gasteiger partial charge is 0.378 e. The standard InChI is InChI=1S/C16H19NS/c1-11-8-9-18-16(11)12(2)17-15-7-6-13-4-3-5-14(13)10-15/h6-10,12,17H,3-5H2,1-2H3. The van der Waals surface area contributed by atoms with Gasteiger partial charge in [0.15, 0.2) is 0 Å². The third-order valence-electron chi connectivity index (χ3n) is 3.78. The highest BCUT2D eigenvalue weighted by Crippen LogP contribution is 2.29. The van der Waals surface area contributed by atoms with Crippen molar-refractivity contribution in [1.82, 2.24) is 0 Å². The molecule has 0 saturated heterocycles. The summed E-state index contributed by atoms with van der Waals surface area (Å²) in [6.45, 7) is 4.43. The molecule has 0 spiro atoms. The lowest BCUT2D eigenvalue weighted by Gasteiger charge is -2.16. The second-order valence-corrected chi connectivity index (χ2v) is 6.12. The second kappa shape index (κ2) is 4.77. The summed E-state index contributed by atoms with van der Waals surface area (Å²) in [5, 5.41) is 5.80. The van der Waals surface area contributed by atoms with Crippen LogP contribution in [0, 0.1) is 6.92 Å². The van der Waals surface area contributed by atoms with Gasteiger partial charge in [-0.3, -0.25) is 0 Å². The molecule has 2 heteroatoms. The Morgan fingerprint density at radius 2 is 2.00 bits per heavy atom. The molecule has 2 aromatic rings. The van der Waals surface area contributed by atoms with Crippen LogP contribution in [-0.2, 0) is 12.8 Å². The molecule has 1 unspecified atom stereocenters. The first-order valence-corrected chi connectivity index (χ1v) is 7.54. The molecule has 1 heterocycles. The van der Waals surface area contributed by atoms with Gasteiger partial charge in [-0.15, -0.1) is 11.3 Å². The van der Waals surface area contributed by atoms with Gasteiger partial charge in [0.05, 0.1) is 6.04 Å². The summed E-state index contributed by atoms with van der Waals surface area (Å²) >= 11 is 1.84. The molecule has 0 radical (unpaired) electrons. The third-order valence-corrected chi connectivity index (χ3v) is 4.98. The predicted octanol–water partition coefficient (Wildman–Crippen LogP) is 4.72. The van der Waals surface area contributed by atoms with E-state index in [0.717, 1.165) is 0 Å². The molecule has 1 N–H and O–H groups in total. The molecule has 1 aromatic heterocycles. The van der Waals surface area contributed by atoms with Crippen LogP contribution >= 0.6 is 11.3 Å². The van der Waals surface area contributed by atoms with Crippen molar-refractivity contribution >= 4 is 17.0 Å². The van der Waals surface area contributed by atoms with Crippen LogP contribution in [0.2, 0.25) is 0 Å². The van der Waals surface area contributed by atoms with Gasteiger partial charge in [-0.1, -0.05) is 6.07 Å². The molecule has 0 fully saturated rings. The first-order chi connectivity index (χ1) is 8.74. The zero-order chi connectivity index (χ0) is 12.5. The molecular formula is C16H19NS. The average molecular weight is 257 g/mol. The number of fused-ring (bicyclic) bond motifs is 1. The molecule has 0 saturated carbocycles. The van der Waals surface area contributed by atoms with Crippen molar-refractivity contribution in [3.63, 3.8) is 0 Å². The molecule has 0 aliphatic heterocycles. The maximum absolute atomic E-state index is 3.63. The first kappa shape index (κ1) is 11.8. The highest BCUT2D eigenvalue weighted by molar-refractivity contribution is 7.10. The van der Waals surface area contributed by atoms with E-state index in [1.165, 1.54) is 41.0 Å². The Balaban J connectivity index is 1.79. The fraction of sp³-hybridized carbons (Fsp3) is 0.375. The van der Waals surface area contributed by atoms with Crippen LogP contribution in [0.3, 0.4) is 0 Å². The highest BCUT2D eigenvalue weighted by atomic mass is 32.1. The summed E-state index contributed by atoms with van der Waals surface area (Å²) in [6.07, 6.45) is 3.82. The number of anilines is 1. The van der Waals surface area contributed by atoms with E-state index >= 15 is 0 Å². The third kappa shape index (κ3) is 2.17. The Morgan fingerprint density at radius 1 is 1.17 bits per heavy atom. The van der Waals surface area contributed by atoms with Crippen molar-refractivity contribution in [1.29, 1.82) is 0 Å². The number of hydrogen-bond donors (Lipinski definition) is 1. The Morgan fingerprint density at radius 3 is 2.78 bits per heavy atom. The monoisotopic (exact) mass is 257 g/mol. The maximum Gasteiger partial charge on any atom is 0.0581 e. The Kier molecular flexibility index (Phi) is 3.13. The van der Waals surface area contributed by atoms with Crippen molar-refractivity contribution in [2.45, 2.75) is 39.2 Å². The van der Waals surface area contributed by atoms with E-state index in [4.69, 9.17) is 0 Å². The first-order valence-electron chi connectivity index (χ1n) is 6.66. The van der Waals surface area contributed by atoms with Gasteiger partial charge in [0.1, 0.15) is 0 Å². The van der Waals surface area contributed by atoms with E-state index in [1.54, 1.807) is 5.56 Å². The average Bonchev–Trinajstić information content (AvgIpc) is 2.96. The van der Waals surface area contributed by atoms with Crippen LogP contribution in [0.15, 0.2) is 29.6 Å². The second-order valence-electron chi connectivity index (χ2n) is 5.17. The number of rotatable bonds is 3. The van der Waals surface area contributed by atoms with E-state index in [-0.39, 0.29) is 0 Å². The summed E-state index contributed by atoms with van der Waals surface area (Å²) < 4.78 is 0. The fourth-order valence-corrected chi connectivity index (χ4v) is 3.74. The van der Waals surface area contributed by atoms with Gasteiger partial charge in [0, 0.05) is 10.6 Å². The van der Waals surface area contributed by atoms with E-state index in [2.05, 4.69) is 48.8 Å². The van der Waals surface area contributed by atoms with Crippen LogP contribution < -0.4 is 5.32 Å². The molecule has 1 atom stereocenters. The number of nitrogens with one attached hydrogen (secondary N) is 1. The lowest BCUT2D eigenvalue weighted by Crippen LogP contribution is -2.06. The molecular weight excluding hydrogens is 238 g/mol. The topological polar surface area (TPSA) is 12.0 Å². The summed E-state index contributed by atoms with van der Waals surface area (Å²) in [7, 11) is 0. The number of hydrogen-bond acceptors (Lipinski definition) is 2. The summed E-state index contributed by atoms with van der Waals surface area (Å²) in [5.41, 5.74) is 5.73. The van der Waals surface area contributed by atoms with Gasteiger partial charge >= 0.3 is 0 Å². The number of benzene rings is 1. The van der Waals surface area contributed by atoms with E-state index in [0.29, 0.717) is 6.04 Å². The van der Waals surface area contributed by atoms with Crippen molar-refractivity contribution < 1.29 is 0 Å². The number of aryl methyl sites for hydroxylation is 3. The zero-order valence-electron chi connectivity index (χ0n) is 11.0. The van der Waals surface area contributed by atoms with E-state index in [1.807, 2.05) is 11.3 Å². The lowest BCUT2D eigenvalue weighted by molar-refractivity contribution is 0.897. The number of thiophene rings is 1. The molecule has 1 nitrogen and oxygen atoms in total. The maximum atomic E-state index is 3.63. The van der Waals surface area contributed by atoms with Crippen LogP contribution in [0.5, 0.6) is 0 Å². The Labute approximate surface area is 113 Å². The summed E-state index contributed by atoms with van der Waals surface area (Å²) in [6, 6.07) is 9.44. The Hall–Kier alpha value is -1.28. The van der Waals surface area contributed by atoms with Crippen LogP contribution in [-0.4, -0.2) is 0 Å². The molecule has 1 aliphatic carbocycles. The van der Waals surface area contributed by atoms with E-state index in [9.17, 15) is 0 Å². The van der Waals surface area contributed by atoms with Gasteiger partial charge in [0.2, 0.25) is 0 Å². The SMILES string of the molecule is Cc1ccsc1C(C)Nc1ccc2c(c1)CCC2. The van der Waals surface area contributed by atoms with Crippen LogP contribution in [0.1, 0.15) is 41.0 Å². The normalized spacial score (nSPS) is 15.4. The van der Waals surface area contributed by atoms with Crippen molar-refractivity contribution in [2.24, 2.45) is 0 Å². The molecule has 3 rings (SSSR count). The molecule has 1 aliphatic rings. The van der Waals surface area contributed by atoms with Crippen molar-refractivity contribution in [3.8, 4) is 0 Å². The van der Waals surface area contributed by atoms with Crippen LogP contribution in [0.4, 0.5) is 5.69 Å². The summed E-state index contributed by atoms with van der Waals surface area (Å²) in [5.74, 6) is 0. The molecule has 0 amide bonds. The molecule has 0 bridgehead atoms. The van der Waals surface area contributed by atoms with Crippen molar-refractivity contribution in [2.75, 3.05) is 5.32 Å². The predicted molar refractivity (Wildman–Crippen MR) is 79.6 cm³/mol. The van der Waals surface area contributed by atoms with Crippen LogP contribution in [0.25, 0.3) is 0 Å². The lowest BCUT2D eigenvalue weighted by atomic mass is 10.1.